The summed E-state index contributed by atoms with van der Waals surface area (Å²) in [5.41, 5.74) is 9.00. The molecule has 0 atom stereocenters. The van der Waals surface area contributed by atoms with Crippen LogP contribution in [0.1, 0.15) is 28.7 Å². The highest BCUT2D eigenvalue weighted by Gasteiger charge is 2.15. The number of aromatic carboxylic acids is 1. The maximum Gasteiger partial charge on any atom is 0.337 e. The van der Waals surface area contributed by atoms with Gasteiger partial charge in [0.05, 0.1) is 29.2 Å². The van der Waals surface area contributed by atoms with Gasteiger partial charge in [-0.2, -0.15) is 5.10 Å². The molecule has 0 saturated carbocycles. The van der Waals surface area contributed by atoms with Crippen LogP contribution in [-0.4, -0.2) is 27.9 Å². The van der Waals surface area contributed by atoms with Crippen molar-refractivity contribution in [2.75, 3.05) is 17.7 Å². The van der Waals surface area contributed by atoms with Gasteiger partial charge < -0.3 is 15.7 Å². The van der Waals surface area contributed by atoms with Gasteiger partial charge in [-0.3, -0.25) is 4.68 Å². The Labute approximate surface area is 123 Å². The molecule has 6 heteroatoms. The minimum atomic E-state index is -0.983. The average Bonchev–Trinajstić information content (AvgIpc) is 2.79. The highest BCUT2D eigenvalue weighted by atomic mass is 16.4. The normalized spacial score (nSPS) is 10.6. The topological polar surface area (TPSA) is 84.4 Å². The fraction of sp³-hybridized carbons (Fsp3) is 0.333. The summed E-state index contributed by atoms with van der Waals surface area (Å²) in [6.07, 6.45) is 0.875. The van der Waals surface area contributed by atoms with Gasteiger partial charge in [-0.15, -0.1) is 0 Å². The minimum absolute atomic E-state index is 0.204. The molecule has 0 radical (unpaired) electrons. The first-order valence-corrected chi connectivity index (χ1v) is 6.78. The first-order valence-electron chi connectivity index (χ1n) is 6.78. The summed E-state index contributed by atoms with van der Waals surface area (Å²) >= 11 is 0. The summed E-state index contributed by atoms with van der Waals surface area (Å²) in [7, 11) is 3.75. The van der Waals surface area contributed by atoms with E-state index in [9.17, 15) is 9.90 Å². The molecule has 6 nitrogen and oxygen atoms in total. The Bertz CT molecular complexity index is 664. The van der Waals surface area contributed by atoms with Gasteiger partial charge in [0.15, 0.2) is 0 Å². The van der Waals surface area contributed by atoms with Crippen LogP contribution in [0.25, 0.3) is 0 Å². The molecule has 0 spiro atoms. The molecule has 1 aromatic heterocycles. The number of nitrogen functional groups attached to an aromatic ring is 1. The van der Waals surface area contributed by atoms with Crippen LogP contribution in [0.2, 0.25) is 0 Å². The number of nitrogens with zero attached hydrogens (tertiary/aromatic N) is 3. The molecule has 0 unspecified atom stereocenters. The maximum absolute atomic E-state index is 11.3. The third kappa shape index (κ3) is 3.16. The number of carbonyl (C=O) groups is 1. The number of carboxylic acid groups (broad SMARTS) is 1. The molecule has 0 fully saturated rings. The first kappa shape index (κ1) is 14.9. The van der Waals surface area contributed by atoms with E-state index < -0.39 is 5.97 Å². The van der Waals surface area contributed by atoms with Crippen molar-refractivity contribution in [2.45, 2.75) is 19.9 Å². The number of hydrogen-bond donors (Lipinski definition) is 2. The van der Waals surface area contributed by atoms with Crippen molar-refractivity contribution in [2.24, 2.45) is 7.05 Å². The summed E-state index contributed by atoms with van der Waals surface area (Å²) in [6, 6.07) is 6.96. The summed E-state index contributed by atoms with van der Waals surface area (Å²) in [5, 5.41) is 13.7. The lowest BCUT2D eigenvalue weighted by molar-refractivity contribution is 0.0697. The van der Waals surface area contributed by atoms with Crippen LogP contribution < -0.4 is 10.6 Å². The molecule has 2 aromatic rings. The molecule has 0 amide bonds. The maximum atomic E-state index is 11.3. The summed E-state index contributed by atoms with van der Waals surface area (Å²) < 4.78 is 1.83. The smallest absolute Gasteiger partial charge is 0.337 e. The van der Waals surface area contributed by atoms with Crippen molar-refractivity contribution in [1.29, 1.82) is 0 Å². The van der Waals surface area contributed by atoms with Gasteiger partial charge in [-0.1, -0.05) is 6.92 Å². The number of benzene rings is 1. The number of hydrogen-bond acceptors (Lipinski definition) is 4. The van der Waals surface area contributed by atoms with Crippen molar-refractivity contribution >= 4 is 17.3 Å². The van der Waals surface area contributed by atoms with E-state index in [1.807, 2.05) is 29.7 Å². The molecule has 0 bridgehead atoms. The molecule has 1 aromatic carbocycles. The summed E-state index contributed by atoms with van der Waals surface area (Å²) in [6.45, 7) is 2.63. The molecule has 112 valence electrons. The van der Waals surface area contributed by atoms with E-state index in [4.69, 9.17) is 5.73 Å². The molecular formula is C15H20N4O2. The molecule has 0 aliphatic heterocycles. The van der Waals surface area contributed by atoms with Gasteiger partial charge in [0.1, 0.15) is 0 Å². The molecule has 0 saturated heterocycles. The third-order valence-corrected chi connectivity index (χ3v) is 3.45. The lowest BCUT2D eigenvalue weighted by Crippen LogP contribution is -2.21. The molecule has 1 heterocycles. The second-order valence-electron chi connectivity index (χ2n) is 5.04. The van der Waals surface area contributed by atoms with Crippen LogP contribution in [0, 0.1) is 0 Å². The number of nitrogens with two attached hydrogens (primary N) is 1. The van der Waals surface area contributed by atoms with Gasteiger partial charge in [0.2, 0.25) is 0 Å². The minimum Gasteiger partial charge on any atom is -0.478 e. The Balaban J connectivity index is 2.29. The van der Waals surface area contributed by atoms with Crippen molar-refractivity contribution in [3.8, 4) is 0 Å². The number of aromatic nitrogens is 2. The molecule has 0 aliphatic rings. The number of rotatable bonds is 5. The van der Waals surface area contributed by atoms with Crippen LogP contribution in [-0.2, 0) is 20.0 Å². The second kappa shape index (κ2) is 5.87. The van der Waals surface area contributed by atoms with Gasteiger partial charge in [0.25, 0.3) is 0 Å². The van der Waals surface area contributed by atoms with Crippen molar-refractivity contribution in [3.05, 3.63) is 41.2 Å². The van der Waals surface area contributed by atoms with Crippen LogP contribution in [0.4, 0.5) is 11.4 Å². The Morgan fingerprint density at radius 2 is 2.14 bits per heavy atom. The van der Waals surface area contributed by atoms with Crippen LogP contribution in [0.15, 0.2) is 24.3 Å². The molecule has 21 heavy (non-hydrogen) atoms. The molecule has 0 aliphatic carbocycles. The quantitative estimate of drug-likeness (QED) is 0.821. The van der Waals surface area contributed by atoms with E-state index in [0.717, 1.165) is 17.8 Å². The van der Waals surface area contributed by atoms with Crippen LogP contribution in [0.5, 0.6) is 0 Å². The van der Waals surface area contributed by atoms with Gasteiger partial charge >= 0.3 is 5.97 Å². The van der Waals surface area contributed by atoms with Gasteiger partial charge in [0, 0.05) is 19.8 Å². The van der Waals surface area contributed by atoms with E-state index in [0.29, 0.717) is 17.9 Å². The predicted octanol–water partition coefficient (Wildman–Crippen LogP) is 1.90. The molecule has 3 N–H and O–H groups in total. The fourth-order valence-corrected chi connectivity index (χ4v) is 2.28. The lowest BCUT2D eigenvalue weighted by Gasteiger charge is -2.21. The number of anilines is 2. The van der Waals surface area contributed by atoms with Crippen molar-refractivity contribution in [3.63, 3.8) is 0 Å². The van der Waals surface area contributed by atoms with E-state index in [2.05, 4.69) is 12.0 Å². The Morgan fingerprint density at radius 3 is 2.71 bits per heavy atom. The zero-order chi connectivity index (χ0) is 15.6. The SMILES string of the molecule is CCc1cc(CN(C)c2ccc(N)cc2C(=O)O)n(C)n1. The molecular weight excluding hydrogens is 268 g/mol. The largest absolute Gasteiger partial charge is 0.478 e. The third-order valence-electron chi connectivity index (χ3n) is 3.45. The van der Waals surface area contributed by atoms with Gasteiger partial charge in [-0.05, 0) is 30.7 Å². The zero-order valence-corrected chi connectivity index (χ0v) is 12.5. The monoisotopic (exact) mass is 288 g/mol. The predicted molar refractivity (Wildman–Crippen MR) is 82.5 cm³/mol. The first-order chi connectivity index (χ1) is 9.92. The Kier molecular flexibility index (Phi) is 4.16. The average molecular weight is 288 g/mol. The van der Waals surface area contributed by atoms with Crippen LogP contribution in [0.3, 0.4) is 0 Å². The highest BCUT2D eigenvalue weighted by Crippen LogP contribution is 2.24. The standard InChI is InChI=1S/C15H20N4O2/c1-4-11-8-12(19(3)17-11)9-18(2)14-6-5-10(16)7-13(14)15(20)21/h5-8H,4,9,16H2,1-3H3,(H,20,21). The number of aryl methyl sites for hydroxylation is 2. The van der Waals surface area contributed by atoms with Crippen LogP contribution >= 0.6 is 0 Å². The van der Waals surface area contributed by atoms with E-state index in [1.165, 1.54) is 6.07 Å². The highest BCUT2D eigenvalue weighted by molar-refractivity contribution is 5.95. The Morgan fingerprint density at radius 1 is 1.43 bits per heavy atom. The number of carboxylic acids is 1. The van der Waals surface area contributed by atoms with Crippen molar-refractivity contribution < 1.29 is 9.90 Å². The summed E-state index contributed by atoms with van der Waals surface area (Å²) in [4.78, 5) is 13.2. The van der Waals surface area contributed by atoms with Crippen molar-refractivity contribution in [1.82, 2.24) is 9.78 Å². The second-order valence-corrected chi connectivity index (χ2v) is 5.04. The van der Waals surface area contributed by atoms with Gasteiger partial charge in [-0.25, -0.2) is 4.79 Å². The summed E-state index contributed by atoms with van der Waals surface area (Å²) in [5.74, 6) is -0.983. The fourth-order valence-electron chi connectivity index (χ4n) is 2.28. The lowest BCUT2D eigenvalue weighted by atomic mass is 10.1. The zero-order valence-electron chi connectivity index (χ0n) is 12.5. The molecule has 2 rings (SSSR count). The van der Waals surface area contributed by atoms with E-state index >= 15 is 0 Å². The van der Waals surface area contributed by atoms with E-state index in [-0.39, 0.29) is 5.56 Å². The van der Waals surface area contributed by atoms with E-state index in [1.54, 1.807) is 12.1 Å². The Hall–Kier alpha value is -2.50.